The third-order valence-electron chi connectivity index (χ3n) is 7.21. The number of rotatable bonds is 7. The van der Waals surface area contributed by atoms with Crippen LogP contribution < -0.4 is 29.9 Å². The number of carbonyl (C=O) groups excluding carboxylic acids is 6. The summed E-state index contributed by atoms with van der Waals surface area (Å²) in [7, 11) is 2.88. The van der Waals surface area contributed by atoms with E-state index in [1.54, 1.807) is 0 Å². The van der Waals surface area contributed by atoms with Gasteiger partial charge in [0, 0.05) is 5.92 Å². The van der Waals surface area contributed by atoms with Crippen molar-refractivity contribution in [3.63, 3.8) is 0 Å². The molecule has 8 amide bonds. The molecule has 0 aromatic heterocycles. The van der Waals surface area contributed by atoms with Crippen molar-refractivity contribution in [2.45, 2.75) is 5.92 Å². The van der Waals surface area contributed by atoms with E-state index in [0.29, 0.717) is 11.5 Å². The number of imide groups is 4. The van der Waals surface area contributed by atoms with Crippen LogP contribution in [0.3, 0.4) is 0 Å². The summed E-state index contributed by atoms with van der Waals surface area (Å²) in [6.07, 6.45) is 0. The molecule has 2 aliphatic heterocycles. The number of anilines is 2. The fourth-order valence-electron chi connectivity index (χ4n) is 5.12. The number of nitriles is 1. The minimum absolute atomic E-state index is 0.105. The summed E-state index contributed by atoms with van der Waals surface area (Å²) in [6, 6.07) is 17.3. The van der Waals surface area contributed by atoms with Crippen LogP contribution in [-0.2, 0) is 19.2 Å². The third kappa shape index (κ3) is 5.13. The first-order chi connectivity index (χ1) is 20.7. The molecule has 2 atom stereocenters. The summed E-state index contributed by atoms with van der Waals surface area (Å²) in [6.45, 7) is 0. The number of urea groups is 2. The minimum Gasteiger partial charge on any atom is -0.497 e. The van der Waals surface area contributed by atoms with E-state index in [0.717, 1.165) is 9.80 Å². The Balaban J connectivity index is 1.62. The average Bonchev–Trinajstić information content (AvgIpc) is 3.00. The van der Waals surface area contributed by atoms with E-state index in [2.05, 4.69) is 10.6 Å². The number of ether oxygens (including phenoxy) is 2. The maximum atomic E-state index is 14.0. The van der Waals surface area contributed by atoms with Gasteiger partial charge in [0.15, 0.2) is 0 Å². The van der Waals surface area contributed by atoms with Crippen LogP contribution in [0.15, 0.2) is 72.8 Å². The molecule has 43 heavy (non-hydrogen) atoms. The molecule has 0 saturated carbocycles. The fourth-order valence-corrected chi connectivity index (χ4v) is 5.12. The maximum Gasteiger partial charge on any atom is 0.335 e. The summed E-state index contributed by atoms with van der Waals surface area (Å²) in [5, 5.41) is 13.6. The quantitative estimate of drug-likeness (QED) is 0.397. The van der Waals surface area contributed by atoms with Gasteiger partial charge in [0.05, 0.1) is 37.2 Å². The number of amides is 8. The van der Waals surface area contributed by atoms with E-state index >= 15 is 0 Å². The Bertz CT molecular complexity index is 1580. The zero-order valence-electron chi connectivity index (χ0n) is 22.8. The van der Waals surface area contributed by atoms with Gasteiger partial charge in [-0.05, 0) is 66.2 Å². The number of barbiturate groups is 2. The number of carbonyl (C=O) groups is 6. The topological polar surface area (TPSA) is 175 Å². The smallest absolute Gasteiger partial charge is 0.335 e. The molecule has 0 radical (unpaired) electrons. The maximum absolute atomic E-state index is 14.0. The Morgan fingerprint density at radius 2 is 1.05 bits per heavy atom. The van der Waals surface area contributed by atoms with Crippen molar-refractivity contribution in [3.8, 4) is 17.6 Å². The molecule has 2 aliphatic rings. The predicted octanol–water partition coefficient (Wildman–Crippen LogP) is 2.46. The van der Waals surface area contributed by atoms with E-state index in [9.17, 15) is 34.0 Å². The lowest BCUT2D eigenvalue weighted by Crippen LogP contribution is -2.64. The normalized spacial score (nSPS) is 19.4. The van der Waals surface area contributed by atoms with Crippen molar-refractivity contribution in [1.82, 2.24) is 10.6 Å². The van der Waals surface area contributed by atoms with Crippen molar-refractivity contribution < 1.29 is 38.2 Å². The molecule has 3 aromatic carbocycles. The highest BCUT2D eigenvalue weighted by atomic mass is 16.5. The van der Waals surface area contributed by atoms with E-state index in [-0.39, 0.29) is 22.5 Å². The summed E-state index contributed by atoms with van der Waals surface area (Å²) in [5.74, 6) is -8.20. The van der Waals surface area contributed by atoms with Gasteiger partial charge in [-0.2, -0.15) is 5.26 Å². The molecule has 13 nitrogen and oxygen atoms in total. The van der Waals surface area contributed by atoms with Gasteiger partial charge in [0.25, 0.3) is 0 Å². The van der Waals surface area contributed by atoms with Crippen LogP contribution in [0.1, 0.15) is 17.0 Å². The van der Waals surface area contributed by atoms with Crippen LogP contribution >= 0.6 is 0 Å². The van der Waals surface area contributed by atoms with Gasteiger partial charge in [-0.3, -0.25) is 29.8 Å². The van der Waals surface area contributed by atoms with Crippen molar-refractivity contribution in [3.05, 3.63) is 83.9 Å². The van der Waals surface area contributed by atoms with Gasteiger partial charge < -0.3 is 9.47 Å². The first kappa shape index (κ1) is 28.5. The molecule has 0 aliphatic carbocycles. The largest absolute Gasteiger partial charge is 0.497 e. The van der Waals surface area contributed by atoms with Gasteiger partial charge in [0.2, 0.25) is 23.6 Å². The Labute approximate surface area is 244 Å². The monoisotopic (exact) mass is 581 g/mol. The van der Waals surface area contributed by atoms with Crippen LogP contribution in [0.2, 0.25) is 0 Å². The van der Waals surface area contributed by atoms with Crippen molar-refractivity contribution in [2.75, 3.05) is 24.0 Å². The molecule has 5 rings (SSSR count). The van der Waals surface area contributed by atoms with E-state index in [4.69, 9.17) is 9.47 Å². The molecular formula is C30H23N5O8. The molecule has 2 unspecified atom stereocenters. The van der Waals surface area contributed by atoms with Gasteiger partial charge >= 0.3 is 12.1 Å². The second kappa shape index (κ2) is 11.5. The number of nitrogens with zero attached hydrogens (tertiary/aromatic N) is 3. The fraction of sp³-hybridized carbons (Fsp3) is 0.167. The summed E-state index contributed by atoms with van der Waals surface area (Å²) in [4.78, 5) is 82.0. The van der Waals surface area contributed by atoms with Crippen LogP contribution in [0.5, 0.6) is 11.5 Å². The molecule has 0 bridgehead atoms. The zero-order valence-corrected chi connectivity index (χ0v) is 22.8. The molecule has 2 saturated heterocycles. The number of methoxy groups -OCH3 is 2. The minimum atomic E-state index is -1.77. The lowest BCUT2D eigenvalue weighted by molar-refractivity contribution is -0.140. The van der Waals surface area contributed by atoms with Gasteiger partial charge in [-0.25, -0.2) is 19.4 Å². The summed E-state index contributed by atoms with van der Waals surface area (Å²) >= 11 is 0. The van der Waals surface area contributed by atoms with Gasteiger partial charge in [-0.15, -0.1) is 0 Å². The molecule has 13 heteroatoms. The summed E-state index contributed by atoms with van der Waals surface area (Å²) in [5.41, 5.74) is 0.628. The number of hydrogen-bond acceptors (Lipinski definition) is 9. The predicted molar refractivity (Wildman–Crippen MR) is 149 cm³/mol. The van der Waals surface area contributed by atoms with E-state index in [1.165, 1.54) is 87.0 Å². The van der Waals surface area contributed by atoms with Gasteiger partial charge in [0.1, 0.15) is 23.3 Å². The molecule has 0 spiro atoms. The zero-order chi connectivity index (χ0) is 30.8. The number of benzene rings is 3. The highest BCUT2D eigenvalue weighted by molar-refractivity contribution is 6.31. The number of hydrogen-bond donors (Lipinski definition) is 2. The highest BCUT2D eigenvalue weighted by Gasteiger charge is 2.55. The Hall–Kier alpha value is -6.03. The second-order valence-electron chi connectivity index (χ2n) is 9.55. The Kier molecular flexibility index (Phi) is 7.59. The van der Waals surface area contributed by atoms with Crippen molar-refractivity contribution in [1.29, 1.82) is 5.26 Å². The lowest BCUT2D eigenvalue weighted by atomic mass is 9.73. The van der Waals surface area contributed by atoms with Crippen LogP contribution in [0.25, 0.3) is 0 Å². The third-order valence-corrected chi connectivity index (χ3v) is 7.21. The molecule has 2 fully saturated rings. The van der Waals surface area contributed by atoms with E-state index in [1.807, 2.05) is 6.07 Å². The Morgan fingerprint density at radius 3 is 1.40 bits per heavy atom. The van der Waals surface area contributed by atoms with Crippen molar-refractivity contribution >= 4 is 47.1 Å². The van der Waals surface area contributed by atoms with Crippen LogP contribution in [0, 0.1) is 23.2 Å². The second-order valence-corrected chi connectivity index (χ2v) is 9.55. The average molecular weight is 582 g/mol. The summed E-state index contributed by atoms with van der Waals surface area (Å²) < 4.78 is 10.3. The molecule has 3 aromatic rings. The van der Waals surface area contributed by atoms with Crippen molar-refractivity contribution in [2.24, 2.45) is 11.8 Å². The molecule has 2 N–H and O–H groups in total. The van der Waals surface area contributed by atoms with Crippen LogP contribution in [-0.4, -0.2) is 49.9 Å². The Morgan fingerprint density at radius 1 is 0.651 bits per heavy atom. The SMILES string of the molecule is COc1ccc(N2C(=O)NC(=O)C(C(c3ccc(C#N)cc3)C3C(=O)NC(=O)N(c4ccc(OC)cc4)C3=O)C2=O)cc1. The van der Waals surface area contributed by atoms with Gasteiger partial charge in [-0.1, -0.05) is 12.1 Å². The molecule has 216 valence electrons. The number of nitrogens with one attached hydrogen (secondary N) is 2. The molecular weight excluding hydrogens is 558 g/mol. The lowest BCUT2D eigenvalue weighted by Gasteiger charge is -2.39. The van der Waals surface area contributed by atoms with E-state index < -0.39 is 53.4 Å². The highest BCUT2D eigenvalue weighted by Crippen LogP contribution is 2.40. The molecule has 2 heterocycles. The first-order valence-corrected chi connectivity index (χ1v) is 12.8. The standard InChI is InChI=1S/C30H23N5O8/c1-42-20-11-7-18(8-12-20)34-27(38)23(25(36)32-29(34)40)22(17-5-3-16(15-31)4-6-17)24-26(37)33-30(41)35(28(24)39)19-9-13-21(43-2)14-10-19/h3-14,22-24H,1-2H3,(H,32,36,40)(H,33,37,41). The van der Waals surface area contributed by atoms with Crippen LogP contribution in [0.4, 0.5) is 21.0 Å². The first-order valence-electron chi connectivity index (χ1n) is 12.8.